The van der Waals surface area contributed by atoms with Crippen molar-refractivity contribution in [2.45, 2.75) is 38.0 Å². The zero-order valence-electron chi connectivity index (χ0n) is 22.5. The van der Waals surface area contributed by atoms with Crippen LogP contribution in [-0.2, 0) is 16.4 Å². The van der Waals surface area contributed by atoms with E-state index in [0.717, 1.165) is 28.1 Å². The van der Waals surface area contributed by atoms with Gasteiger partial charge in [-0.25, -0.2) is 13.1 Å². The number of unbranched alkanes of at least 4 members (excludes halogenated alkanes) is 1. The zero-order chi connectivity index (χ0) is 29.7. The number of aromatic amines is 1. The number of rotatable bonds is 12. The number of nitro benzene ring substituents is 1. The van der Waals surface area contributed by atoms with Crippen LogP contribution in [0.2, 0.25) is 5.02 Å². The zero-order valence-corrected chi connectivity index (χ0v) is 24.1. The van der Waals surface area contributed by atoms with E-state index in [-0.39, 0.29) is 27.7 Å². The van der Waals surface area contributed by atoms with Gasteiger partial charge in [0.2, 0.25) is 10.0 Å². The van der Waals surface area contributed by atoms with Gasteiger partial charge in [0.15, 0.2) is 5.78 Å². The summed E-state index contributed by atoms with van der Waals surface area (Å²) in [4.78, 5) is 37.9. The molecule has 12 heteroatoms. The summed E-state index contributed by atoms with van der Waals surface area (Å²) in [5.41, 5.74) is 0.958. The topological polar surface area (TPSA) is 135 Å². The first kappa shape index (κ1) is 29.9. The quantitative estimate of drug-likeness (QED) is 0.128. The smallest absolute Gasteiger partial charge is 0.289 e. The van der Waals surface area contributed by atoms with Gasteiger partial charge in [0.05, 0.1) is 27.7 Å². The number of nitro groups is 1. The largest absolute Gasteiger partial charge is 0.292 e. The molecule has 1 aromatic heterocycles. The second-order valence-electron chi connectivity index (χ2n) is 9.34. The molecule has 0 saturated carbocycles. The number of nitrogens with one attached hydrogen (secondary N) is 1. The fourth-order valence-electron chi connectivity index (χ4n) is 4.51. The highest BCUT2D eigenvalue weighted by Gasteiger charge is 2.32. The Morgan fingerprint density at radius 1 is 1.05 bits per heavy atom. The monoisotopic (exact) mass is 596 g/mol. The van der Waals surface area contributed by atoms with Crippen molar-refractivity contribution in [2.75, 3.05) is 13.1 Å². The number of Topliss-reactive ketones (excluding diaryl/α,β-unsaturated/α-hetero) is 1. The molecule has 0 aliphatic rings. The molecular weight excluding hydrogens is 568 g/mol. The summed E-state index contributed by atoms with van der Waals surface area (Å²) in [6.45, 7) is 3.15. The van der Waals surface area contributed by atoms with Gasteiger partial charge in [0, 0.05) is 18.2 Å². The Kier molecular flexibility index (Phi) is 9.21. The van der Waals surface area contributed by atoms with Gasteiger partial charge in [0.25, 0.3) is 11.2 Å². The summed E-state index contributed by atoms with van der Waals surface area (Å²) in [6.07, 6.45) is 1.69. The van der Waals surface area contributed by atoms with Crippen LogP contribution in [0.3, 0.4) is 0 Å². The van der Waals surface area contributed by atoms with Crippen LogP contribution >= 0.6 is 11.6 Å². The number of carbonyl (C=O) groups is 1. The molecule has 41 heavy (non-hydrogen) atoms. The van der Waals surface area contributed by atoms with E-state index >= 15 is 0 Å². The average Bonchev–Trinajstić information content (AvgIpc) is 3.32. The fraction of sp³-hybridized carbons (Fsp3) is 0.241. The second kappa shape index (κ2) is 12.6. The summed E-state index contributed by atoms with van der Waals surface area (Å²) < 4.78 is 29.6. The summed E-state index contributed by atoms with van der Waals surface area (Å²) >= 11 is 5.89. The van der Waals surface area contributed by atoms with E-state index in [1.165, 1.54) is 4.68 Å². The fourth-order valence-corrected chi connectivity index (χ4v) is 6.15. The lowest BCUT2D eigenvalue weighted by atomic mass is 10.0. The van der Waals surface area contributed by atoms with Crippen LogP contribution in [0.1, 0.15) is 42.6 Å². The average molecular weight is 597 g/mol. The first-order valence-electron chi connectivity index (χ1n) is 13.1. The van der Waals surface area contributed by atoms with E-state index in [1.807, 2.05) is 26.0 Å². The molecule has 0 spiro atoms. The second-order valence-corrected chi connectivity index (χ2v) is 11.7. The summed E-state index contributed by atoms with van der Waals surface area (Å²) in [5.74, 6) is -0.707. The van der Waals surface area contributed by atoms with Crippen LogP contribution in [0, 0.1) is 10.1 Å². The minimum absolute atomic E-state index is 0.0288. The molecule has 0 atom stereocenters. The molecule has 0 unspecified atom stereocenters. The van der Waals surface area contributed by atoms with E-state index in [9.17, 15) is 28.1 Å². The number of nitrogens with zero attached hydrogens (tertiary/aromatic N) is 3. The van der Waals surface area contributed by atoms with Gasteiger partial charge in [-0.15, -0.1) is 0 Å². The first-order valence-corrected chi connectivity index (χ1v) is 14.9. The highest BCUT2D eigenvalue weighted by Crippen LogP contribution is 2.29. The van der Waals surface area contributed by atoms with Gasteiger partial charge in [0.1, 0.15) is 10.6 Å². The summed E-state index contributed by atoms with van der Waals surface area (Å²) in [7, 11) is -4.37. The lowest BCUT2D eigenvalue weighted by Crippen LogP contribution is -2.38. The van der Waals surface area contributed by atoms with E-state index in [1.54, 1.807) is 42.5 Å². The molecule has 3 aromatic carbocycles. The predicted octanol–water partition coefficient (Wildman–Crippen LogP) is 5.63. The number of aromatic nitrogens is 2. The Hall–Kier alpha value is -4.06. The Morgan fingerprint density at radius 2 is 1.73 bits per heavy atom. The van der Waals surface area contributed by atoms with E-state index in [2.05, 4.69) is 5.10 Å². The molecule has 214 valence electrons. The molecule has 0 radical (unpaired) electrons. The van der Waals surface area contributed by atoms with Crippen LogP contribution < -0.4 is 5.56 Å². The van der Waals surface area contributed by atoms with Crippen molar-refractivity contribution in [3.63, 3.8) is 0 Å². The number of hydrogen-bond donors (Lipinski definition) is 1. The van der Waals surface area contributed by atoms with Gasteiger partial charge in [-0.2, -0.15) is 4.31 Å². The van der Waals surface area contributed by atoms with Crippen molar-refractivity contribution in [3.8, 4) is 16.9 Å². The maximum atomic E-state index is 13.9. The standard InChI is InChI=1S/C29H29ClN4O6S/c1-3-5-17-32(41(39,40)22-15-16-23(30)25(18-22)34(37)38)19-26(35)27-28(21-12-7-6-8-13-21)31-33(29(27)36)24-14-10-9-11-20(24)4-2/h6-16,18,31H,3-5,17,19H2,1-2H3. The lowest BCUT2D eigenvalue weighted by molar-refractivity contribution is -0.384. The number of benzene rings is 3. The van der Waals surface area contributed by atoms with Crippen molar-refractivity contribution < 1.29 is 18.1 Å². The minimum atomic E-state index is -4.37. The Morgan fingerprint density at radius 3 is 2.39 bits per heavy atom. The highest BCUT2D eigenvalue weighted by atomic mass is 35.5. The van der Waals surface area contributed by atoms with Crippen molar-refractivity contribution in [2.24, 2.45) is 0 Å². The SMILES string of the molecule is CCCCN(CC(=O)c1c(-c2ccccc2)[nH]n(-c2ccccc2CC)c1=O)S(=O)(=O)c1ccc(Cl)c([N+](=O)[O-])c1. The number of hydrogen-bond acceptors (Lipinski definition) is 6. The van der Waals surface area contributed by atoms with Crippen molar-refractivity contribution in [1.82, 2.24) is 14.1 Å². The number of H-pyrrole nitrogens is 1. The molecule has 4 rings (SSSR count). The molecule has 0 fully saturated rings. The van der Waals surface area contributed by atoms with Crippen LogP contribution in [0.25, 0.3) is 16.9 Å². The Balaban J connectivity index is 1.82. The van der Waals surface area contributed by atoms with Gasteiger partial charge >= 0.3 is 0 Å². The van der Waals surface area contributed by atoms with Crippen molar-refractivity contribution in [3.05, 3.63) is 109 Å². The third-order valence-corrected chi connectivity index (χ3v) is 8.84. The Bertz CT molecular complexity index is 1750. The number of aryl methyl sites for hydroxylation is 1. The number of halogens is 1. The minimum Gasteiger partial charge on any atom is -0.292 e. The molecule has 0 amide bonds. The molecular formula is C29H29ClN4O6S. The molecule has 10 nitrogen and oxygen atoms in total. The van der Waals surface area contributed by atoms with Gasteiger partial charge in [-0.3, -0.25) is 24.8 Å². The maximum absolute atomic E-state index is 13.9. The molecule has 0 bridgehead atoms. The third-order valence-electron chi connectivity index (χ3n) is 6.68. The Labute approximate surface area is 242 Å². The normalized spacial score (nSPS) is 11.6. The van der Waals surface area contributed by atoms with Crippen LogP contribution in [0.15, 0.2) is 82.5 Å². The van der Waals surface area contributed by atoms with Crippen molar-refractivity contribution in [1.29, 1.82) is 0 Å². The third kappa shape index (κ3) is 6.17. The van der Waals surface area contributed by atoms with Gasteiger partial charge in [-0.05, 0) is 36.6 Å². The molecule has 4 aromatic rings. The molecule has 1 N–H and O–H groups in total. The van der Waals surface area contributed by atoms with Gasteiger partial charge in [-0.1, -0.05) is 80.4 Å². The molecule has 0 aliphatic carbocycles. The molecule has 0 aliphatic heterocycles. The molecule has 1 heterocycles. The summed E-state index contributed by atoms with van der Waals surface area (Å²) in [5, 5.41) is 14.3. The maximum Gasteiger partial charge on any atom is 0.289 e. The number of ketones is 1. The first-order chi connectivity index (χ1) is 19.6. The van der Waals surface area contributed by atoms with E-state index in [4.69, 9.17) is 11.6 Å². The summed E-state index contributed by atoms with van der Waals surface area (Å²) in [6, 6.07) is 19.3. The predicted molar refractivity (Wildman–Crippen MR) is 157 cm³/mol. The van der Waals surface area contributed by atoms with E-state index in [0.29, 0.717) is 30.5 Å². The highest BCUT2D eigenvalue weighted by molar-refractivity contribution is 7.89. The number of sulfonamides is 1. The van der Waals surface area contributed by atoms with Gasteiger partial charge < -0.3 is 0 Å². The van der Waals surface area contributed by atoms with Crippen molar-refractivity contribution >= 4 is 33.1 Å². The lowest BCUT2D eigenvalue weighted by Gasteiger charge is -2.21. The molecule has 0 saturated heterocycles. The number of para-hydroxylation sites is 1. The van der Waals surface area contributed by atoms with Crippen LogP contribution in [0.5, 0.6) is 0 Å². The van der Waals surface area contributed by atoms with Crippen LogP contribution in [0.4, 0.5) is 5.69 Å². The van der Waals surface area contributed by atoms with Crippen LogP contribution in [-0.4, -0.2) is 46.3 Å². The number of carbonyl (C=O) groups excluding carboxylic acids is 1. The van der Waals surface area contributed by atoms with E-state index < -0.39 is 38.5 Å².